The summed E-state index contributed by atoms with van der Waals surface area (Å²) >= 11 is 6.09. The smallest absolute Gasteiger partial charge is 0.336 e. The fourth-order valence-corrected chi connectivity index (χ4v) is 2.83. The second kappa shape index (κ2) is 6.48. The van der Waals surface area contributed by atoms with Crippen LogP contribution in [0.3, 0.4) is 0 Å². The predicted molar refractivity (Wildman–Crippen MR) is 80.8 cm³/mol. The predicted octanol–water partition coefficient (Wildman–Crippen LogP) is 3.31. The van der Waals surface area contributed by atoms with Gasteiger partial charge in [-0.2, -0.15) is 0 Å². The van der Waals surface area contributed by atoms with Crippen molar-refractivity contribution >= 4 is 23.5 Å². The highest BCUT2D eigenvalue weighted by Crippen LogP contribution is 2.38. The first-order valence-electron chi connectivity index (χ1n) is 6.96. The molecule has 1 aromatic carbocycles. The molecular formula is C16H17ClFNO3. The van der Waals surface area contributed by atoms with Crippen LogP contribution < -0.4 is 5.32 Å². The molecule has 0 saturated heterocycles. The molecule has 0 spiro atoms. The number of carbonyl (C=O) groups excluding carboxylic acids is 2. The molecule has 22 heavy (non-hydrogen) atoms. The van der Waals surface area contributed by atoms with Crippen molar-refractivity contribution in [3.8, 4) is 0 Å². The molecule has 0 bridgehead atoms. The average molecular weight is 326 g/mol. The molecule has 0 aromatic heterocycles. The van der Waals surface area contributed by atoms with Crippen molar-refractivity contribution < 1.29 is 18.7 Å². The zero-order valence-electron chi connectivity index (χ0n) is 12.6. The van der Waals surface area contributed by atoms with Crippen molar-refractivity contribution in [2.24, 2.45) is 0 Å². The number of allylic oxidation sites excluding steroid dienone is 1. The first-order valence-corrected chi connectivity index (χ1v) is 7.34. The molecule has 1 atom stereocenters. The zero-order chi connectivity index (χ0) is 16.4. The maximum atomic E-state index is 14.2. The lowest BCUT2D eigenvalue weighted by Gasteiger charge is -2.27. The second-order valence-corrected chi connectivity index (χ2v) is 5.84. The number of rotatable bonds is 3. The van der Waals surface area contributed by atoms with Crippen LogP contribution in [0.5, 0.6) is 0 Å². The van der Waals surface area contributed by atoms with Crippen LogP contribution in [0.4, 0.5) is 4.39 Å². The summed E-state index contributed by atoms with van der Waals surface area (Å²) < 4.78 is 19.4. The summed E-state index contributed by atoms with van der Waals surface area (Å²) in [6, 6.07) is 4.27. The molecule has 1 aliphatic heterocycles. The monoisotopic (exact) mass is 325 g/mol. The quantitative estimate of drug-likeness (QED) is 0.867. The molecule has 1 heterocycles. The number of amides is 1. The fourth-order valence-electron chi connectivity index (χ4n) is 2.54. The van der Waals surface area contributed by atoms with Crippen LogP contribution in [-0.4, -0.2) is 18.0 Å². The van der Waals surface area contributed by atoms with Gasteiger partial charge in [0.05, 0.1) is 11.7 Å². The summed E-state index contributed by atoms with van der Waals surface area (Å²) in [5.41, 5.74) is 0.751. The molecule has 1 aromatic rings. The lowest BCUT2D eigenvalue weighted by atomic mass is 9.84. The molecule has 0 aliphatic carbocycles. The molecule has 1 aliphatic rings. The summed E-state index contributed by atoms with van der Waals surface area (Å²) in [7, 11) is 0. The van der Waals surface area contributed by atoms with Gasteiger partial charge in [0.1, 0.15) is 5.82 Å². The van der Waals surface area contributed by atoms with Crippen LogP contribution in [0.1, 0.15) is 38.7 Å². The van der Waals surface area contributed by atoms with Gasteiger partial charge in [-0.05, 0) is 32.9 Å². The third-order valence-electron chi connectivity index (χ3n) is 3.38. The summed E-state index contributed by atoms with van der Waals surface area (Å²) in [5, 5.41) is 2.78. The number of esters is 1. The number of carbonyl (C=O) groups is 2. The van der Waals surface area contributed by atoms with Crippen molar-refractivity contribution in [3.05, 3.63) is 45.9 Å². The first-order chi connectivity index (χ1) is 10.3. The van der Waals surface area contributed by atoms with Gasteiger partial charge in [0.2, 0.25) is 5.91 Å². The Labute approximate surface area is 133 Å². The Bertz CT molecular complexity index is 635. The number of nitrogens with one attached hydrogen (secondary N) is 1. The van der Waals surface area contributed by atoms with E-state index in [1.54, 1.807) is 20.8 Å². The van der Waals surface area contributed by atoms with Crippen LogP contribution >= 0.6 is 11.6 Å². The summed E-state index contributed by atoms with van der Waals surface area (Å²) in [4.78, 5) is 24.1. The van der Waals surface area contributed by atoms with Crippen LogP contribution in [0.25, 0.3) is 0 Å². The molecular weight excluding hydrogens is 309 g/mol. The molecule has 1 unspecified atom stereocenters. The Balaban J connectivity index is 2.53. The maximum absolute atomic E-state index is 14.2. The molecule has 6 heteroatoms. The topological polar surface area (TPSA) is 55.4 Å². The van der Waals surface area contributed by atoms with Crippen molar-refractivity contribution in [2.75, 3.05) is 0 Å². The van der Waals surface area contributed by atoms with Gasteiger partial charge in [0, 0.05) is 28.6 Å². The average Bonchev–Trinajstić information content (AvgIpc) is 2.36. The lowest BCUT2D eigenvalue weighted by molar-refractivity contribution is -0.143. The van der Waals surface area contributed by atoms with Crippen LogP contribution in [0.15, 0.2) is 29.5 Å². The van der Waals surface area contributed by atoms with E-state index in [-0.39, 0.29) is 34.6 Å². The van der Waals surface area contributed by atoms with Crippen molar-refractivity contribution in [1.29, 1.82) is 0 Å². The number of hydrogen-bond acceptors (Lipinski definition) is 3. The Morgan fingerprint density at radius 1 is 1.45 bits per heavy atom. The third-order valence-corrected chi connectivity index (χ3v) is 3.71. The van der Waals surface area contributed by atoms with Gasteiger partial charge in [-0.15, -0.1) is 0 Å². The number of hydrogen-bond donors (Lipinski definition) is 1. The van der Waals surface area contributed by atoms with Gasteiger partial charge in [-0.1, -0.05) is 17.7 Å². The molecule has 0 saturated carbocycles. The zero-order valence-corrected chi connectivity index (χ0v) is 13.3. The minimum Gasteiger partial charge on any atom is -0.460 e. The Morgan fingerprint density at radius 3 is 2.73 bits per heavy atom. The van der Waals surface area contributed by atoms with E-state index < -0.39 is 17.7 Å². The first kappa shape index (κ1) is 16.5. The molecule has 0 fully saturated rings. The summed E-state index contributed by atoms with van der Waals surface area (Å²) in [5.74, 6) is -2.16. The Morgan fingerprint density at radius 2 is 2.14 bits per heavy atom. The summed E-state index contributed by atoms with van der Waals surface area (Å²) in [6.07, 6.45) is -0.372. The normalized spacial score (nSPS) is 18.5. The maximum Gasteiger partial charge on any atom is 0.336 e. The third kappa shape index (κ3) is 3.30. The van der Waals surface area contributed by atoms with E-state index in [1.807, 2.05) is 0 Å². The molecule has 1 amide bonds. The van der Waals surface area contributed by atoms with E-state index >= 15 is 0 Å². The van der Waals surface area contributed by atoms with E-state index in [0.29, 0.717) is 5.70 Å². The van der Waals surface area contributed by atoms with Crippen molar-refractivity contribution in [3.63, 3.8) is 0 Å². The van der Waals surface area contributed by atoms with E-state index in [4.69, 9.17) is 16.3 Å². The molecule has 118 valence electrons. The van der Waals surface area contributed by atoms with Crippen LogP contribution in [0.2, 0.25) is 5.02 Å². The highest BCUT2D eigenvalue weighted by atomic mass is 35.5. The second-order valence-electron chi connectivity index (χ2n) is 5.43. The Kier molecular flexibility index (Phi) is 4.86. The largest absolute Gasteiger partial charge is 0.460 e. The van der Waals surface area contributed by atoms with Gasteiger partial charge >= 0.3 is 5.97 Å². The minimum atomic E-state index is -0.756. The highest BCUT2D eigenvalue weighted by Gasteiger charge is 2.35. The Hall–Kier alpha value is -1.88. The van der Waals surface area contributed by atoms with Gasteiger partial charge < -0.3 is 10.1 Å². The van der Waals surface area contributed by atoms with Gasteiger partial charge in [-0.25, -0.2) is 9.18 Å². The fraction of sp³-hybridized carbons (Fsp3) is 0.375. The van der Waals surface area contributed by atoms with Crippen LogP contribution in [0, 0.1) is 5.82 Å². The van der Waals surface area contributed by atoms with Crippen molar-refractivity contribution in [2.45, 2.75) is 39.2 Å². The number of benzene rings is 1. The molecule has 2 rings (SSSR count). The standard InChI is InChI=1S/C16H17ClFNO3/c1-8(2)22-16(21)14-9(3)19-13(20)7-10(14)15-11(17)5-4-6-12(15)18/h4-6,8,10H,7H2,1-3H3,(H,19,20). The van der Waals surface area contributed by atoms with Crippen molar-refractivity contribution in [1.82, 2.24) is 5.32 Å². The lowest BCUT2D eigenvalue weighted by Crippen LogP contribution is -2.35. The van der Waals surface area contributed by atoms with E-state index in [0.717, 1.165) is 0 Å². The van der Waals surface area contributed by atoms with Crippen LogP contribution in [-0.2, 0) is 14.3 Å². The minimum absolute atomic E-state index is 0.0550. The molecule has 0 radical (unpaired) electrons. The number of halogens is 2. The highest BCUT2D eigenvalue weighted by molar-refractivity contribution is 6.31. The van der Waals surface area contributed by atoms with E-state index in [1.165, 1.54) is 18.2 Å². The summed E-state index contributed by atoms with van der Waals surface area (Å²) in [6.45, 7) is 5.04. The number of ether oxygens (including phenoxy) is 1. The van der Waals surface area contributed by atoms with Gasteiger partial charge in [0.25, 0.3) is 0 Å². The van der Waals surface area contributed by atoms with Gasteiger partial charge in [-0.3, -0.25) is 4.79 Å². The van der Waals surface area contributed by atoms with E-state index in [9.17, 15) is 14.0 Å². The van der Waals surface area contributed by atoms with Gasteiger partial charge in [0.15, 0.2) is 0 Å². The SMILES string of the molecule is CC1=C(C(=O)OC(C)C)C(c2c(F)cccc2Cl)CC(=O)N1. The molecule has 4 nitrogen and oxygen atoms in total. The van der Waals surface area contributed by atoms with E-state index in [2.05, 4.69) is 5.32 Å². The molecule has 1 N–H and O–H groups in total.